The van der Waals surface area contributed by atoms with Crippen molar-refractivity contribution >= 4 is 59.3 Å². The number of hydrogen-bond donors (Lipinski definition) is 0. The van der Waals surface area contributed by atoms with Crippen LogP contribution in [0, 0.1) is 35.0 Å². The molecule has 0 aromatic heterocycles. The third kappa shape index (κ3) is 18.4. The van der Waals surface area contributed by atoms with E-state index in [9.17, 15) is 34.0 Å². The molecule has 1 aromatic rings. The lowest BCUT2D eigenvalue weighted by atomic mass is 9.82. The first-order chi connectivity index (χ1) is 36.0. The zero-order valence-electron chi connectivity index (χ0n) is 43.5. The summed E-state index contributed by atoms with van der Waals surface area (Å²) < 4.78 is 51.7. The molecule has 408 valence electrons. The molecule has 16 nitrogen and oxygen atoms in total. The number of fused-ring (bicyclic) bond motifs is 1. The molecule has 4 saturated carbocycles. The van der Waals surface area contributed by atoms with Crippen LogP contribution in [0.1, 0.15) is 161 Å². The number of esters is 6. The van der Waals surface area contributed by atoms with Gasteiger partial charge in [0.25, 0.3) is 0 Å². The summed E-state index contributed by atoms with van der Waals surface area (Å²) in [7, 11) is 1.72. The standard InChI is InChI=1S/C56H77NO15S2/c1-4-48(58)68-35-13-9-8-12-34-67-42-24-28-44(29-25-42)70-52(60)38-16-20-40(21-17-38)54(62)72-47-31-30-46(49-50(47)74-56(73-49)45(36-57)55(63)65-5-2)71-53(61)39-18-14-37(15-19-39)51(59)69-43-26-22-41(23-27-43)66-33-11-7-6-10-32-64-3/h4,30-31,37-44H,1,5-29,32-35H2,2-3H3/b56-45+. The fourth-order valence-electron chi connectivity index (χ4n) is 10.2. The third-order valence-electron chi connectivity index (χ3n) is 14.6. The van der Waals surface area contributed by atoms with Gasteiger partial charge in [-0.1, -0.05) is 49.4 Å². The monoisotopic (exact) mass is 1070 g/mol. The van der Waals surface area contributed by atoms with Gasteiger partial charge in [-0.3, -0.25) is 19.2 Å². The van der Waals surface area contributed by atoms with Gasteiger partial charge in [0.2, 0.25) is 0 Å². The average molecular weight is 1070 g/mol. The molecule has 74 heavy (non-hydrogen) atoms. The number of hydrogen-bond acceptors (Lipinski definition) is 18. The van der Waals surface area contributed by atoms with Crippen LogP contribution in [0.5, 0.6) is 11.5 Å². The lowest BCUT2D eigenvalue weighted by molar-refractivity contribution is -0.160. The van der Waals surface area contributed by atoms with Crippen molar-refractivity contribution < 1.29 is 71.4 Å². The van der Waals surface area contributed by atoms with Crippen molar-refractivity contribution in [1.29, 1.82) is 5.26 Å². The molecular weight excluding hydrogens is 991 g/mol. The maximum atomic E-state index is 13.7. The van der Waals surface area contributed by atoms with Gasteiger partial charge in [-0.2, -0.15) is 5.26 Å². The fraction of sp³-hybridized carbons (Fsp3) is 0.696. The SMILES string of the molecule is C=CC(=O)OCCCCCCOC1CCC(OC(=O)C2CCC(C(=O)Oc3ccc(OC(=O)C4CCC(C(=O)OC5CCC(OCCCCCCOC)CC5)CC4)c4c3S/C(=C(\C#N)C(=O)OCC)S4)CC2)CC1. The molecule has 1 aliphatic heterocycles. The highest BCUT2D eigenvalue weighted by Crippen LogP contribution is 2.59. The van der Waals surface area contributed by atoms with E-state index >= 15 is 0 Å². The molecule has 1 heterocycles. The predicted molar refractivity (Wildman–Crippen MR) is 276 cm³/mol. The Balaban J connectivity index is 0.937. The van der Waals surface area contributed by atoms with Crippen molar-refractivity contribution in [2.75, 3.05) is 40.1 Å². The Kier molecular flexibility index (Phi) is 25.1. The number of nitriles is 1. The number of carbonyl (C=O) groups is 6. The van der Waals surface area contributed by atoms with Gasteiger partial charge in [0.05, 0.1) is 63.1 Å². The second-order valence-corrected chi connectivity index (χ2v) is 22.3. The highest BCUT2D eigenvalue weighted by atomic mass is 32.2. The molecule has 4 aliphatic carbocycles. The Morgan fingerprint density at radius 1 is 0.554 bits per heavy atom. The van der Waals surface area contributed by atoms with Crippen LogP contribution in [-0.2, 0) is 61.9 Å². The van der Waals surface area contributed by atoms with Gasteiger partial charge < -0.3 is 42.6 Å². The summed E-state index contributed by atoms with van der Waals surface area (Å²) in [6.45, 7) is 7.72. The zero-order valence-corrected chi connectivity index (χ0v) is 45.1. The molecule has 18 heteroatoms. The first-order valence-electron chi connectivity index (χ1n) is 27.2. The largest absolute Gasteiger partial charge is 0.463 e. The predicted octanol–water partition coefficient (Wildman–Crippen LogP) is 10.8. The van der Waals surface area contributed by atoms with Gasteiger partial charge in [0, 0.05) is 33.0 Å². The maximum absolute atomic E-state index is 13.7. The van der Waals surface area contributed by atoms with Crippen LogP contribution in [-0.4, -0.2) is 100 Å². The Morgan fingerprint density at radius 2 is 0.946 bits per heavy atom. The molecule has 0 radical (unpaired) electrons. The summed E-state index contributed by atoms with van der Waals surface area (Å²) in [5.41, 5.74) is -0.212. The van der Waals surface area contributed by atoms with Gasteiger partial charge in [-0.15, -0.1) is 0 Å². The van der Waals surface area contributed by atoms with Gasteiger partial charge in [-0.25, -0.2) is 9.59 Å². The zero-order chi connectivity index (χ0) is 52.7. The number of unbranched alkanes of at least 4 members (excludes halogenated alkanes) is 6. The number of nitrogens with zero attached hydrogens (tertiary/aromatic N) is 1. The van der Waals surface area contributed by atoms with Crippen LogP contribution in [0.2, 0.25) is 0 Å². The second-order valence-electron chi connectivity index (χ2n) is 20.0. The molecule has 0 bridgehead atoms. The van der Waals surface area contributed by atoms with Gasteiger partial charge in [0.1, 0.15) is 29.8 Å². The number of benzene rings is 1. The molecule has 4 fully saturated rings. The topological polar surface area (TPSA) is 209 Å². The Morgan fingerprint density at radius 3 is 1.34 bits per heavy atom. The van der Waals surface area contributed by atoms with Crippen LogP contribution >= 0.6 is 23.5 Å². The number of methoxy groups -OCH3 is 1. The van der Waals surface area contributed by atoms with Crippen molar-refractivity contribution in [1.82, 2.24) is 0 Å². The van der Waals surface area contributed by atoms with E-state index in [0.717, 1.165) is 139 Å². The quantitative estimate of drug-likeness (QED) is 0.0200. The summed E-state index contributed by atoms with van der Waals surface area (Å²) in [5, 5.41) is 10.0. The molecule has 0 unspecified atom stereocenters. The summed E-state index contributed by atoms with van der Waals surface area (Å²) in [6.07, 6.45) is 19.5. The molecule has 0 amide bonds. The number of ether oxygens (including phenoxy) is 9. The Hall–Kier alpha value is -4.41. The van der Waals surface area contributed by atoms with E-state index in [1.54, 1.807) is 26.2 Å². The fourth-order valence-corrected chi connectivity index (χ4v) is 12.8. The van der Waals surface area contributed by atoms with Crippen molar-refractivity contribution in [2.45, 2.75) is 195 Å². The van der Waals surface area contributed by atoms with Crippen LogP contribution in [0.4, 0.5) is 0 Å². The summed E-state index contributed by atoms with van der Waals surface area (Å²) in [6, 6.07) is 5.07. The van der Waals surface area contributed by atoms with Gasteiger partial charge >= 0.3 is 35.8 Å². The van der Waals surface area contributed by atoms with Crippen LogP contribution in [0.3, 0.4) is 0 Å². The Labute approximate surface area is 445 Å². The summed E-state index contributed by atoms with van der Waals surface area (Å²) in [4.78, 5) is 78.8. The van der Waals surface area contributed by atoms with Crippen LogP contribution < -0.4 is 9.47 Å². The first-order valence-corrected chi connectivity index (χ1v) is 28.8. The van der Waals surface area contributed by atoms with Crippen LogP contribution in [0.25, 0.3) is 0 Å². The van der Waals surface area contributed by atoms with E-state index in [1.165, 1.54) is 6.08 Å². The molecule has 5 aliphatic rings. The van der Waals surface area contributed by atoms with E-state index in [0.29, 0.717) is 78.6 Å². The molecule has 1 aromatic carbocycles. The van der Waals surface area contributed by atoms with Crippen molar-refractivity contribution in [2.24, 2.45) is 23.7 Å². The van der Waals surface area contributed by atoms with Gasteiger partial charge in [0.15, 0.2) is 5.57 Å². The molecule has 0 spiro atoms. The summed E-state index contributed by atoms with van der Waals surface area (Å²) >= 11 is 2.15. The van der Waals surface area contributed by atoms with Crippen molar-refractivity contribution in [3.05, 3.63) is 34.6 Å². The Bertz CT molecular complexity index is 2110. The number of thioether (sulfide) groups is 2. The van der Waals surface area contributed by atoms with Crippen molar-refractivity contribution in [3.8, 4) is 17.6 Å². The average Bonchev–Trinajstić information content (AvgIpc) is 3.87. The molecule has 6 rings (SSSR count). The molecule has 0 atom stereocenters. The van der Waals surface area contributed by atoms with E-state index in [-0.39, 0.29) is 71.9 Å². The van der Waals surface area contributed by atoms with E-state index < -0.39 is 35.7 Å². The minimum absolute atomic E-state index is 0.0673. The molecule has 0 saturated heterocycles. The lowest BCUT2D eigenvalue weighted by Gasteiger charge is -2.31. The minimum atomic E-state index is -0.791. The van der Waals surface area contributed by atoms with Gasteiger partial charge in [-0.05, 0) is 154 Å². The number of carbonyl (C=O) groups excluding carboxylic acids is 6. The first kappa shape index (κ1) is 58.8. The highest BCUT2D eigenvalue weighted by molar-refractivity contribution is 8.24. The maximum Gasteiger partial charge on any atom is 0.350 e. The lowest BCUT2D eigenvalue weighted by Crippen LogP contribution is -2.33. The van der Waals surface area contributed by atoms with E-state index in [4.69, 9.17) is 42.6 Å². The smallest absolute Gasteiger partial charge is 0.350 e. The second kappa shape index (κ2) is 31.6. The number of rotatable bonds is 27. The molecular formula is C56H77NO15S2. The van der Waals surface area contributed by atoms with Crippen molar-refractivity contribution in [3.63, 3.8) is 0 Å². The summed E-state index contributed by atoms with van der Waals surface area (Å²) in [5.74, 6) is -3.65. The van der Waals surface area contributed by atoms with E-state index in [1.807, 2.05) is 6.07 Å². The highest BCUT2D eigenvalue weighted by Gasteiger charge is 2.38. The third-order valence-corrected chi connectivity index (χ3v) is 17.3. The van der Waals surface area contributed by atoms with Crippen LogP contribution in [0.15, 0.2) is 44.4 Å². The van der Waals surface area contributed by atoms with E-state index in [2.05, 4.69) is 6.58 Å². The molecule has 0 N–H and O–H groups in total. The normalized spacial score (nSPS) is 25.3. The minimum Gasteiger partial charge on any atom is -0.463 e.